The zero-order valence-electron chi connectivity index (χ0n) is 17.0. The molecule has 2 heterocycles. The SMILES string of the molecule is CCCn1c(CN(CCC(C)C)C(=O)c2ccc(F)cc2F)nc2cccnc21. The molecule has 0 bridgehead atoms. The number of carbonyl (C=O) groups is 1. The van der Waals surface area contributed by atoms with E-state index < -0.39 is 17.5 Å². The summed E-state index contributed by atoms with van der Waals surface area (Å²) in [5.74, 6) is -0.942. The zero-order chi connectivity index (χ0) is 21.0. The first-order valence-electron chi connectivity index (χ1n) is 9.95. The Hall–Kier alpha value is -2.83. The normalized spacial score (nSPS) is 11.4. The van der Waals surface area contributed by atoms with E-state index in [0.717, 1.165) is 42.7 Å². The molecule has 3 aromatic rings. The lowest BCUT2D eigenvalue weighted by atomic mass is 10.1. The van der Waals surface area contributed by atoms with Crippen LogP contribution in [0.25, 0.3) is 11.2 Å². The number of nitrogens with zero attached hydrogens (tertiary/aromatic N) is 4. The fraction of sp³-hybridized carbons (Fsp3) is 0.409. The molecule has 7 heteroatoms. The Morgan fingerprint density at radius 3 is 2.72 bits per heavy atom. The molecular weight excluding hydrogens is 374 g/mol. The van der Waals surface area contributed by atoms with Crippen molar-refractivity contribution in [1.82, 2.24) is 19.4 Å². The maximum absolute atomic E-state index is 14.2. The molecule has 0 N–H and O–H groups in total. The van der Waals surface area contributed by atoms with E-state index in [2.05, 4.69) is 30.7 Å². The second-order valence-corrected chi connectivity index (χ2v) is 7.56. The second-order valence-electron chi connectivity index (χ2n) is 7.56. The van der Waals surface area contributed by atoms with Gasteiger partial charge in [0.1, 0.15) is 23.0 Å². The van der Waals surface area contributed by atoms with E-state index in [1.165, 1.54) is 6.07 Å². The number of aromatic nitrogens is 3. The molecule has 154 valence electrons. The molecule has 0 aliphatic rings. The molecule has 0 radical (unpaired) electrons. The number of amides is 1. The Kier molecular flexibility index (Phi) is 6.56. The summed E-state index contributed by atoms with van der Waals surface area (Å²) in [6.07, 6.45) is 3.37. The lowest BCUT2D eigenvalue weighted by Gasteiger charge is -2.24. The molecule has 0 atom stereocenters. The second kappa shape index (κ2) is 9.11. The fourth-order valence-corrected chi connectivity index (χ4v) is 3.26. The minimum atomic E-state index is -0.853. The van der Waals surface area contributed by atoms with Crippen LogP contribution in [0, 0.1) is 17.6 Å². The zero-order valence-corrected chi connectivity index (χ0v) is 17.0. The number of aryl methyl sites for hydroxylation is 1. The summed E-state index contributed by atoms with van der Waals surface area (Å²) in [5, 5.41) is 0. The number of hydrogen-bond acceptors (Lipinski definition) is 3. The highest BCUT2D eigenvalue weighted by atomic mass is 19.1. The fourth-order valence-electron chi connectivity index (χ4n) is 3.26. The number of pyridine rings is 1. The van der Waals surface area contributed by atoms with Crippen molar-refractivity contribution in [1.29, 1.82) is 0 Å². The largest absolute Gasteiger partial charge is 0.331 e. The Labute approximate surface area is 169 Å². The summed E-state index contributed by atoms with van der Waals surface area (Å²) >= 11 is 0. The molecule has 0 fully saturated rings. The topological polar surface area (TPSA) is 51.0 Å². The highest BCUT2D eigenvalue weighted by Crippen LogP contribution is 2.19. The molecule has 1 amide bonds. The monoisotopic (exact) mass is 400 g/mol. The van der Waals surface area contributed by atoms with Gasteiger partial charge in [-0.05, 0) is 43.0 Å². The molecule has 29 heavy (non-hydrogen) atoms. The first kappa shape index (κ1) is 20.9. The van der Waals surface area contributed by atoms with E-state index in [9.17, 15) is 13.6 Å². The van der Waals surface area contributed by atoms with Gasteiger partial charge in [-0.2, -0.15) is 0 Å². The summed E-state index contributed by atoms with van der Waals surface area (Å²) in [6.45, 7) is 7.61. The molecule has 2 aromatic heterocycles. The van der Waals surface area contributed by atoms with Crippen molar-refractivity contribution in [2.24, 2.45) is 5.92 Å². The van der Waals surface area contributed by atoms with E-state index in [-0.39, 0.29) is 12.1 Å². The van der Waals surface area contributed by atoms with E-state index in [1.54, 1.807) is 11.1 Å². The van der Waals surface area contributed by atoms with Gasteiger partial charge in [0.2, 0.25) is 0 Å². The summed E-state index contributed by atoms with van der Waals surface area (Å²) in [4.78, 5) is 23.8. The highest BCUT2D eigenvalue weighted by Gasteiger charge is 2.23. The minimum absolute atomic E-state index is 0.133. The van der Waals surface area contributed by atoms with Gasteiger partial charge in [0.05, 0.1) is 12.1 Å². The van der Waals surface area contributed by atoms with Gasteiger partial charge >= 0.3 is 0 Å². The van der Waals surface area contributed by atoms with Crippen molar-refractivity contribution in [2.75, 3.05) is 6.54 Å². The van der Waals surface area contributed by atoms with Crippen molar-refractivity contribution < 1.29 is 13.6 Å². The summed E-state index contributed by atoms with van der Waals surface area (Å²) in [7, 11) is 0. The number of hydrogen-bond donors (Lipinski definition) is 0. The summed E-state index contributed by atoms with van der Waals surface area (Å²) in [6, 6.07) is 6.76. The Morgan fingerprint density at radius 1 is 1.24 bits per heavy atom. The van der Waals surface area contributed by atoms with Crippen molar-refractivity contribution >= 4 is 17.1 Å². The van der Waals surface area contributed by atoms with Crippen LogP contribution >= 0.6 is 0 Å². The number of carbonyl (C=O) groups excluding carboxylic acids is 1. The van der Waals surface area contributed by atoms with Crippen LogP contribution in [-0.4, -0.2) is 31.9 Å². The van der Waals surface area contributed by atoms with E-state index in [0.29, 0.717) is 18.3 Å². The van der Waals surface area contributed by atoms with E-state index in [1.807, 2.05) is 16.7 Å². The lowest BCUT2D eigenvalue weighted by Crippen LogP contribution is -2.34. The van der Waals surface area contributed by atoms with Crippen molar-refractivity contribution in [3.05, 3.63) is 59.6 Å². The minimum Gasteiger partial charge on any atom is -0.331 e. The average molecular weight is 400 g/mol. The third-order valence-corrected chi connectivity index (χ3v) is 4.79. The third-order valence-electron chi connectivity index (χ3n) is 4.79. The van der Waals surface area contributed by atoms with Crippen molar-refractivity contribution in [2.45, 2.75) is 46.7 Å². The van der Waals surface area contributed by atoms with Crippen molar-refractivity contribution in [3.8, 4) is 0 Å². The van der Waals surface area contributed by atoms with Crippen LogP contribution in [0.4, 0.5) is 8.78 Å². The number of halogens is 2. The molecule has 3 rings (SSSR count). The van der Waals surface area contributed by atoms with Crippen LogP contribution < -0.4 is 0 Å². The first-order valence-corrected chi connectivity index (χ1v) is 9.95. The predicted molar refractivity (Wildman–Crippen MR) is 108 cm³/mol. The molecule has 0 saturated heterocycles. The molecule has 0 saturated carbocycles. The van der Waals surface area contributed by atoms with Gasteiger partial charge < -0.3 is 9.47 Å². The van der Waals surface area contributed by atoms with Crippen molar-refractivity contribution in [3.63, 3.8) is 0 Å². The van der Waals surface area contributed by atoms with Gasteiger partial charge in [-0.1, -0.05) is 20.8 Å². The van der Waals surface area contributed by atoms with Gasteiger partial charge in [-0.15, -0.1) is 0 Å². The Bertz CT molecular complexity index is 1000. The first-order chi connectivity index (χ1) is 13.9. The predicted octanol–water partition coefficient (Wildman–Crippen LogP) is 4.81. The maximum atomic E-state index is 14.2. The molecule has 1 aromatic carbocycles. The van der Waals surface area contributed by atoms with Crippen LogP contribution in [0.15, 0.2) is 36.5 Å². The molecule has 0 aliphatic carbocycles. The van der Waals surface area contributed by atoms with E-state index >= 15 is 0 Å². The van der Waals surface area contributed by atoms with Gasteiger partial charge in [-0.3, -0.25) is 4.79 Å². The van der Waals surface area contributed by atoms with Gasteiger partial charge in [-0.25, -0.2) is 18.7 Å². The quantitative estimate of drug-likeness (QED) is 0.545. The molecule has 5 nitrogen and oxygen atoms in total. The van der Waals surface area contributed by atoms with Crippen LogP contribution in [0.2, 0.25) is 0 Å². The summed E-state index contributed by atoms with van der Waals surface area (Å²) < 4.78 is 29.5. The Morgan fingerprint density at radius 2 is 2.03 bits per heavy atom. The van der Waals surface area contributed by atoms with Gasteiger partial charge in [0, 0.05) is 25.4 Å². The maximum Gasteiger partial charge on any atom is 0.257 e. The van der Waals surface area contributed by atoms with Gasteiger partial charge in [0.15, 0.2) is 5.65 Å². The average Bonchev–Trinajstić information content (AvgIpc) is 3.02. The number of rotatable bonds is 8. The summed E-state index contributed by atoms with van der Waals surface area (Å²) in [5.41, 5.74) is 1.40. The standard InChI is InChI=1S/C22H26F2N4O/c1-4-11-28-20(26-19-6-5-10-25-21(19)28)14-27(12-9-15(2)3)22(29)17-8-7-16(23)13-18(17)24/h5-8,10,13,15H,4,9,11-12,14H2,1-3H3. The lowest BCUT2D eigenvalue weighted by molar-refractivity contribution is 0.0724. The van der Waals surface area contributed by atoms with Crippen LogP contribution in [0.1, 0.15) is 49.8 Å². The number of benzene rings is 1. The number of fused-ring (bicyclic) bond motifs is 1. The Balaban J connectivity index is 1.96. The van der Waals surface area contributed by atoms with E-state index in [4.69, 9.17) is 0 Å². The third kappa shape index (κ3) is 4.78. The highest BCUT2D eigenvalue weighted by molar-refractivity contribution is 5.94. The number of imidazole rings is 1. The van der Waals surface area contributed by atoms with Crippen LogP contribution in [-0.2, 0) is 13.1 Å². The smallest absolute Gasteiger partial charge is 0.257 e. The molecule has 0 unspecified atom stereocenters. The molecular formula is C22H26F2N4O. The van der Waals surface area contributed by atoms with Gasteiger partial charge in [0.25, 0.3) is 5.91 Å². The van der Waals surface area contributed by atoms with Crippen LogP contribution in [0.5, 0.6) is 0 Å². The molecule has 0 aliphatic heterocycles. The molecule has 0 spiro atoms. The van der Waals surface area contributed by atoms with Crippen LogP contribution in [0.3, 0.4) is 0 Å².